The molecular weight excluding hydrogens is 332 g/mol. The predicted octanol–water partition coefficient (Wildman–Crippen LogP) is 2.62. The molecule has 1 aromatic carbocycles. The molecule has 3 rings (SSSR count). The number of aromatic amines is 1. The number of nitrogens with one attached hydrogen (secondary N) is 1. The molecule has 140 valence electrons. The Hall–Kier alpha value is -2.54. The molecule has 0 saturated carbocycles. The van der Waals surface area contributed by atoms with Crippen LogP contribution in [0, 0.1) is 0 Å². The van der Waals surface area contributed by atoms with Crippen molar-refractivity contribution in [3.63, 3.8) is 0 Å². The van der Waals surface area contributed by atoms with Crippen molar-refractivity contribution in [2.45, 2.75) is 13.3 Å². The van der Waals surface area contributed by atoms with Crippen LogP contribution in [0.15, 0.2) is 36.5 Å². The summed E-state index contributed by atoms with van der Waals surface area (Å²) >= 11 is 0. The lowest BCUT2D eigenvalue weighted by molar-refractivity contribution is 0.0782. The highest BCUT2D eigenvalue weighted by molar-refractivity contribution is 5.67. The summed E-state index contributed by atoms with van der Waals surface area (Å²) in [5, 5.41) is 6.91. The minimum absolute atomic E-state index is 0.200. The molecule has 1 aliphatic rings. The molecule has 0 atom stereocenters. The number of carbonyl (C=O) groups excluding carboxylic acids is 1. The molecule has 1 aliphatic heterocycles. The monoisotopic (exact) mass is 358 g/mol. The van der Waals surface area contributed by atoms with Gasteiger partial charge in [0.05, 0.1) is 18.9 Å². The Balaban J connectivity index is 1.33. The number of nitrogens with zero attached hydrogens (tertiary/aromatic N) is 3. The van der Waals surface area contributed by atoms with Gasteiger partial charge in [-0.1, -0.05) is 0 Å². The highest BCUT2D eigenvalue weighted by atomic mass is 16.6. The quantitative estimate of drug-likeness (QED) is 0.771. The number of rotatable bonds is 7. The molecule has 2 aromatic rings. The highest BCUT2D eigenvalue weighted by Crippen LogP contribution is 2.20. The molecule has 1 fully saturated rings. The Bertz CT molecular complexity index is 665. The topological polar surface area (TPSA) is 70.7 Å². The van der Waals surface area contributed by atoms with Crippen LogP contribution in [0.5, 0.6) is 5.75 Å². The Morgan fingerprint density at radius 2 is 1.92 bits per heavy atom. The number of amides is 1. The number of ether oxygens (including phenoxy) is 2. The van der Waals surface area contributed by atoms with Gasteiger partial charge < -0.3 is 14.4 Å². The van der Waals surface area contributed by atoms with E-state index in [1.807, 2.05) is 37.3 Å². The van der Waals surface area contributed by atoms with Crippen LogP contribution in [-0.2, 0) is 4.74 Å². The van der Waals surface area contributed by atoms with Crippen LogP contribution >= 0.6 is 0 Å². The fraction of sp³-hybridized carbons (Fsp3) is 0.474. The molecule has 7 heteroatoms. The number of benzene rings is 1. The van der Waals surface area contributed by atoms with E-state index in [0.29, 0.717) is 13.2 Å². The molecule has 1 amide bonds. The molecule has 26 heavy (non-hydrogen) atoms. The van der Waals surface area contributed by atoms with E-state index in [1.165, 1.54) is 0 Å². The van der Waals surface area contributed by atoms with E-state index < -0.39 is 0 Å². The molecule has 0 radical (unpaired) electrons. The fourth-order valence-electron chi connectivity index (χ4n) is 2.99. The summed E-state index contributed by atoms with van der Waals surface area (Å²) in [4.78, 5) is 15.8. The lowest BCUT2D eigenvalue weighted by Gasteiger charge is -2.33. The van der Waals surface area contributed by atoms with Crippen molar-refractivity contribution in [2.75, 3.05) is 45.9 Å². The summed E-state index contributed by atoms with van der Waals surface area (Å²) in [6.45, 7) is 7.15. The molecule has 0 unspecified atom stereocenters. The van der Waals surface area contributed by atoms with Crippen molar-refractivity contribution in [3.8, 4) is 17.0 Å². The van der Waals surface area contributed by atoms with E-state index in [1.54, 1.807) is 11.1 Å². The normalized spacial score (nSPS) is 15.0. The van der Waals surface area contributed by atoms with Crippen LogP contribution in [0.25, 0.3) is 11.3 Å². The number of piperazine rings is 1. The van der Waals surface area contributed by atoms with E-state index in [9.17, 15) is 4.79 Å². The van der Waals surface area contributed by atoms with Gasteiger partial charge in [0.15, 0.2) is 0 Å². The van der Waals surface area contributed by atoms with Crippen LogP contribution in [0.3, 0.4) is 0 Å². The number of hydrogen-bond donors (Lipinski definition) is 1. The van der Waals surface area contributed by atoms with Crippen molar-refractivity contribution in [3.05, 3.63) is 36.5 Å². The fourth-order valence-corrected chi connectivity index (χ4v) is 2.99. The first-order valence-corrected chi connectivity index (χ1v) is 9.13. The summed E-state index contributed by atoms with van der Waals surface area (Å²) in [5.41, 5.74) is 2.09. The van der Waals surface area contributed by atoms with Crippen molar-refractivity contribution in [1.29, 1.82) is 0 Å². The molecule has 2 heterocycles. The maximum atomic E-state index is 11.7. The van der Waals surface area contributed by atoms with E-state index >= 15 is 0 Å². The molecule has 1 N–H and O–H groups in total. The SMILES string of the molecule is CCOC(=O)N1CCN(CCCOc2ccc(-c3ccn[nH]3)cc2)CC1. The number of hydrogen-bond acceptors (Lipinski definition) is 5. The largest absolute Gasteiger partial charge is 0.494 e. The van der Waals surface area contributed by atoms with Crippen LogP contribution in [0.1, 0.15) is 13.3 Å². The minimum Gasteiger partial charge on any atom is -0.494 e. The van der Waals surface area contributed by atoms with Gasteiger partial charge in [-0.3, -0.25) is 10.00 Å². The van der Waals surface area contributed by atoms with Gasteiger partial charge >= 0.3 is 6.09 Å². The first-order valence-electron chi connectivity index (χ1n) is 9.13. The Morgan fingerprint density at radius 1 is 1.15 bits per heavy atom. The summed E-state index contributed by atoms with van der Waals surface area (Å²) in [5.74, 6) is 0.875. The second-order valence-electron chi connectivity index (χ2n) is 6.22. The third-order valence-corrected chi connectivity index (χ3v) is 4.45. The Labute approximate surface area is 153 Å². The van der Waals surface area contributed by atoms with E-state index in [-0.39, 0.29) is 6.09 Å². The van der Waals surface area contributed by atoms with Gasteiger partial charge in [0, 0.05) is 38.9 Å². The maximum Gasteiger partial charge on any atom is 0.409 e. The summed E-state index contributed by atoms with van der Waals surface area (Å²) in [7, 11) is 0. The highest BCUT2D eigenvalue weighted by Gasteiger charge is 2.21. The Kier molecular flexibility index (Phi) is 6.49. The average molecular weight is 358 g/mol. The van der Waals surface area contributed by atoms with Crippen molar-refractivity contribution in [2.24, 2.45) is 0 Å². The summed E-state index contributed by atoms with van der Waals surface area (Å²) in [6.07, 6.45) is 2.50. The molecule has 1 aromatic heterocycles. The molecule has 7 nitrogen and oxygen atoms in total. The predicted molar refractivity (Wildman–Crippen MR) is 99.2 cm³/mol. The van der Waals surface area contributed by atoms with Crippen LogP contribution < -0.4 is 4.74 Å². The van der Waals surface area contributed by atoms with Gasteiger partial charge in [-0.25, -0.2) is 4.79 Å². The molecule has 1 saturated heterocycles. The number of carbonyl (C=O) groups is 1. The minimum atomic E-state index is -0.200. The smallest absolute Gasteiger partial charge is 0.409 e. The Morgan fingerprint density at radius 3 is 2.58 bits per heavy atom. The van der Waals surface area contributed by atoms with Crippen LogP contribution in [-0.4, -0.2) is 72.0 Å². The first kappa shape index (κ1) is 18.3. The lowest BCUT2D eigenvalue weighted by atomic mass is 10.1. The van der Waals surface area contributed by atoms with Gasteiger partial charge in [-0.2, -0.15) is 5.10 Å². The number of H-pyrrole nitrogens is 1. The maximum absolute atomic E-state index is 11.7. The van der Waals surface area contributed by atoms with Gasteiger partial charge in [0.2, 0.25) is 0 Å². The third-order valence-electron chi connectivity index (χ3n) is 4.45. The summed E-state index contributed by atoms with van der Waals surface area (Å²) in [6, 6.07) is 9.95. The second-order valence-corrected chi connectivity index (χ2v) is 6.22. The van der Waals surface area contributed by atoms with E-state index in [4.69, 9.17) is 9.47 Å². The van der Waals surface area contributed by atoms with Crippen molar-refractivity contribution >= 4 is 6.09 Å². The van der Waals surface area contributed by atoms with E-state index in [0.717, 1.165) is 56.2 Å². The van der Waals surface area contributed by atoms with E-state index in [2.05, 4.69) is 15.1 Å². The molecular formula is C19H26N4O3. The van der Waals surface area contributed by atoms with Crippen molar-refractivity contribution < 1.29 is 14.3 Å². The van der Waals surface area contributed by atoms with Gasteiger partial charge in [-0.15, -0.1) is 0 Å². The lowest BCUT2D eigenvalue weighted by Crippen LogP contribution is -2.49. The standard InChI is InChI=1S/C19H26N4O3/c1-2-25-19(24)23-13-11-22(12-14-23)10-3-15-26-17-6-4-16(5-7-17)18-8-9-20-21-18/h4-9H,2-3,10-15H2,1H3,(H,20,21). The third kappa shape index (κ3) is 4.98. The zero-order valence-corrected chi connectivity index (χ0v) is 15.2. The zero-order valence-electron chi connectivity index (χ0n) is 15.2. The van der Waals surface area contributed by atoms with Crippen LogP contribution in [0.4, 0.5) is 4.79 Å². The summed E-state index contributed by atoms with van der Waals surface area (Å²) < 4.78 is 10.9. The van der Waals surface area contributed by atoms with Gasteiger partial charge in [0.1, 0.15) is 5.75 Å². The van der Waals surface area contributed by atoms with Gasteiger partial charge in [-0.05, 0) is 49.2 Å². The molecule has 0 bridgehead atoms. The molecule has 0 spiro atoms. The van der Waals surface area contributed by atoms with Crippen molar-refractivity contribution in [1.82, 2.24) is 20.0 Å². The van der Waals surface area contributed by atoms with Crippen LogP contribution in [0.2, 0.25) is 0 Å². The van der Waals surface area contributed by atoms with Gasteiger partial charge in [0.25, 0.3) is 0 Å². The number of aromatic nitrogens is 2. The second kappa shape index (κ2) is 9.24. The first-order chi connectivity index (χ1) is 12.8. The molecule has 0 aliphatic carbocycles. The average Bonchev–Trinajstić information content (AvgIpc) is 3.21. The zero-order chi connectivity index (χ0) is 18.2.